The Labute approximate surface area is 104 Å². The highest BCUT2D eigenvalue weighted by Gasteiger charge is 2.20. The van der Waals surface area contributed by atoms with Crippen molar-refractivity contribution in [3.05, 3.63) is 35.6 Å². The van der Waals surface area contributed by atoms with Gasteiger partial charge in [-0.25, -0.2) is 4.39 Å². The molecule has 0 aliphatic carbocycles. The lowest BCUT2D eigenvalue weighted by atomic mass is 10.0. The van der Waals surface area contributed by atoms with E-state index in [1.807, 2.05) is 26.1 Å². The van der Waals surface area contributed by atoms with E-state index in [0.717, 1.165) is 18.4 Å². The lowest BCUT2D eigenvalue weighted by Gasteiger charge is -2.33. The van der Waals surface area contributed by atoms with Gasteiger partial charge in [-0.15, -0.1) is 0 Å². The highest BCUT2D eigenvalue weighted by Crippen LogP contribution is 2.24. The Hall–Kier alpha value is -0.930. The number of hydrogen-bond donors (Lipinski definition) is 1. The molecule has 2 unspecified atom stereocenters. The lowest BCUT2D eigenvalue weighted by Crippen LogP contribution is -2.35. The van der Waals surface area contributed by atoms with E-state index in [9.17, 15) is 4.39 Å². The lowest BCUT2D eigenvalue weighted by molar-refractivity contribution is 0.170. The van der Waals surface area contributed by atoms with Crippen molar-refractivity contribution in [1.82, 2.24) is 4.90 Å². The molecule has 0 aromatic heterocycles. The van der Waals surface area contributed by atoms with Crippen LogP contribution in [0.25, 0.3) is 0 Å². The zero-order valence-electron chi connectivity index (χ0n) is 11.0. The third-order valence-corrected chi connectivity index (χ3v) is 3.51. The van der Waals surface area contributed by atoms with Crippen molar-refractivity contribution >= 4 is 0 Å². The van der Waals surface area contributed by atoms with Gasteiger partial charge in [-0.3, -0.25) is 4.90 Å². The predicted octanol–water partition coefficient (Wildman–Crippen LogP) is 2.95. The van der Waals surface area contributed by atoms with Gasteiger partial charge in [-0.05, 0) is 39.4 Å². The maximum atomic E-state index is 13.7. The molecule has 0 radical (unpaired) electrons. The highest BCUT2D eigenvalue weighted by atomic mass is 19.1. The second kappa shape index (κ2) is 6.72. The molecule has 0 saturated heterocycles. The second-order valence-corrected chi connectivity index (χ2v) is 4.50. The molecule has 1 aromatic rings. The average molecular weight is 238 g/mol. The average Bonchev–Trinajstić information content (AvgIpc) is 2.35. The van der Waals surface area contributed by atoms with Crippen LogP contribution in [0, 0.1) is 5.82 Å². The summed E-state index contributed by atoms with van der Waals surface area (Å²) in [5.74, 6) is -0.130. The summed E-state index contributed by atoms with van der Waals surface area (Å²) in [4.78, 5) is 2.21. The fourth-order valence-electron chi connectivity index (χ4n) is 2.24. The SMILES string of the molecule is CCC(CCN)N(C)C(C)c1ccccc1F. The van der Waals surface area contributed by atoms with E-state index >= 15 is 0 Å². The molecule has 0 fully saturated rings. The smallest absolute Gasteiger partial charge is 0.127 e. The van der Waals surface area contributed by atoms with Gasteiger partial charge in [-0.2, -0.15) is 0 Å². The van der Waals surface area contributed by atoms with Crippen LogP contribution in [0.4, 0.5) is 4.39 Å². The van der Waals surface area contributed by atoms with Crippen LogP contribution in [-0.4, -0.2) is 24.5 Å². The van der Waals surface area contributed by atoms with Gasteiger partial charge in [0.15, 0.2) is 0 Å². The first-order valence-corrected chi connectivity index (χ1v) is 6.28. The van der Waals surface area contributed by atoms with E-state index in [4.69, 9.17) is 5.73 Å². The third kappa shape index (κ3) is 3.51. The van der Waals surface area contributed by atoms with Crippen LogP contribution in [0.5, 0.6) is 0 Å². The van der Waals surface area contributed by atoms with Gasteiger partial charge in [0, 0.05) is 17.6 Å². The van der Waals surface area contributed by atoms with Crippen LogP contribution in [0.3, 0.4) is 0 Å². The van der Waals surface area contributed by atoms with Crippen molar-refractivity contribution in [3.63, 3.8) is 0 Å². The molecular weight excluding hydrogens is 215 g/mol. The fraction of sp³-hybridized carbons (Fsp3) is 0.571. The fourth-order valence-corrected chi connectivity index (χ4v) is 2.24. The van der Waals surface area contributed by atoms with Crippen molar-refractivity contribution in [2.45, 2.75) is 38.8 Å². The van der Waals surface area contributed by atoms with Gasteiger partial charge in [0.05, 0.1) is 0 Å². The minimum absolute atomic E-state index is 0.0766. The summed E-state index contributed by atoms with van der Waals surface area (Å²) in [6.07, 6.45) is 1.98. The molecule has 2 atom stereocenters. The normalized spacial score (nSPS) is 14.9. The van der Waals surface area contributed by atoms with E-state index in [2.05, 4.69) is 11.8 Å². The summed E-state index contributed by atoms with van der Waals surface area (Å²) < 4.78 is 13.7. The summed E-state index contributed by atoms with van der Waals surface area (Å²) in [5, 5.41) is 0. The molecule has 1 aromatic carbocycles. The standard InChI is InChI=1S/C14H23FN2/c1-4-12(9-10-16)17(3)11(2)13-7-5-6-8-14(13)15/h5-8,11-12H,4,9-10,16H2,1-3H3. The molecule has 1 rings (SSSR count). The van der Waals surface area contributed by atoms with Crippen LogP contribution >= 0.6 is 0 Å². The Morgan fingerprint density at radius 2 is 2.00 bits per heavy atom. The molecule has 0 aliphatic rings. The summed E-state index contributed by atoms with van der Waals surface area (Å²) in [5.41, 5.74) is 6.37. The van der Waals surface area contributed by atoms with E-state index in [1.165, 1.54) is 6.07 Å². The molecular formula is C14H23FN2. The Kier molecular flexibility index (Phi) is 5.59. The van der Waals surface area contributed by atoms with Gasteiger partial charge in [-0.1, -0.05) is 25.1 Å². The first-order valence-electron chi connectivity index (χ1n) is 6.28. The monoisotopic (exact) mass is 238 g/mol. The van der Waals surface area contributed by atoms with Crippen molar-refractivity contribution < 1.29 is 4.39 Å². The number of nitrogens with two attached hydrogens (primary N) is 1. The molecule has 0 bridgehead atoms. The predicted molar refractivity (Wildman–Crippen MR) is 70.3 cm³/mol. The minimum atomic E-state index is -0.130. The van der Waals surface area contributed by atoms with Crippen molar-refractivity contribution in [3.8, 4) is 0 Å². The molecule has 2 N–H and O–H groups in total. The molecule has 0 heterocycles. The van der Waals surface area contributed by atoms with Crippen LogP contribution in [0.1, 0.15) is 38.3 Å². The summed E-state index contributed by atoms with van der Waals surface area (Å²) >= 11 is 0. The van der Waals surface area contributed by atoms with Crippen LogP contribution < -0.4 is 5.73 Å². The molecule has 96 valence electrons. The van der Waals surface area contributed by atoms with Crippen LogP contribution in [0.2, 0.25) is 0 Å². The molecule has 0 saturated carbocycles. The van der Waals surface area contributed by atoms with Gasteiger partial charge in [0.25, 0.3) is 0 Å². The molecule has 17 heavy (non-hydrogen) atoms. The van der Waals surface area contributed by atoms with E-state index in [-0.39, 0.29) is 11.9 Å². The number of hydrogen-bond acceptors (Lipinski definition) is 2. The first kappa shape index (κ1) is 14.1. The number of nitrogens with zero attached hydrogens (tertiary/aromatic N) is 1. The number of benzene rings is 1. The number of rotatable bonds is 6. The molecule has 0 aliphatic heterocycles. The van der Waals surface area contributed by atoms with Crippen molar-refractivity contribution in [2.24, 2.45) is 5.73 Å². The van der Waals surface area contributed by atoms with Crippen molar-refractivity contribution in [2.75, 3.05) is 13.6 Å². The zero-order valence-corrected chi connectivity index (χ0v) is 11.0. The topological polar surface area (TPSA) is 29.3 Å². The quantitative estimate of drug-likeness (QED) is 0.825. The molecule has 0 amide bonds. The second-order valence-electron chi connectivity index (χ2n) is 4.50. The largest absolute Gasteiger partial charge is 0.330 e. The highest BCUT2D eigenvalue weighted by molar-refractivity contribution is 5.20. The van der Waals surface area contributed by atoms with Gasteiger partial charge >= 0.3 is 0 Å². The van der Waals surface area contributed by atoms with Gasteiger partial charge in [0.2, 0.25) is 0 Å². The minimum Gasteiger partial charge on any atom is -0.330 e. The zero-order chi connectivity index (χ0) is 12.8. The Morgan fingerprint density at radius 1 is 1.35 bits per heavy atom. The van der Waals surface area contributed by atoms with E-state index < -0.39 is 0 Å². The Morgan fingerprint density at radius 3 is 2.53 bits per heavy atom. The summed E-state index contributed by atoms with van der Waals surface area (Å²) in [6.45, 7) is 4.86. The van der Waals surface area contributed by atoms with Crippen molar-refractivity contribution in [1.29, 1.82) is 0 Å². The van der Waals surface area contributed by atoms with Gasteiger partial charge < -0.3 is 5.73 Å². The van der Waals surface area contributed by atoms with Crippen LogP contribution in [0.15, 0.2) is 24.3 Å². The summed E-state index contributed by atoms with van der Waals surface area (Å²) in [6, 6.07) is 7.47. The first-order chi connectivity index (χ1) is 8.11. The molecule has 3 heteroatoms. The van der Waals surface area contributed by atoms with E-state index in [0.29, 0.717) is 12.6 Å². The van der Waals surface area contributed by atoms with Crippen LogP contribution in [-0.2, 0) is 0 Å². The van der Waals surface area contributed by atoms with Gasteiger partial charge in [0.1, 0.15) is 5.82 Å². The number of halogens is 1. The maximum absolute atomic E-state index is 13.7. The molecule has 2 nitrogen and oxygen atoms in total. The maximum Gasteiger partial charge on any atom is 0.127 e. The van der Waals surface area contributed by atoms with E-state index in [1.54, 1.807) is 6.07 Å². The Bertz CT molecular complexity index is 341. The summed E-state index contributed by atoms with van der Waals surface area (Å²) in [7, 11) is 2.04. The molecule has 0 spiro atoms. The Balaban J connectivity index is 2.81. The third-order valence-electron chi connectivity index (χ3n) is 3.51.